The maximum Gasteiger partial charge on any atom is 0.247 e. The lowest BCUT2D eigenvalue weighted by Gasteiger charge is -2.04. The number of hydrogen-bond acceptors (Lipinski definition) is 2. The second-order valence-corrected chi connectivity index (χ2v) is 3.12. The molecule has 0 spiro atoms. The summed E-state index contributed by atoms with van der Waals surface area (Å²) >= 11 is 0. The van der Waals surface area contributed by atoms with Crippen LogP contribution < -0.4 is 5.48 Å². The van der Waals surface area contributed by atoms with Crippen LogP contribution in [0.25, 0.3) is 0 Å². The monoisotopic (exact) mass is 193 g/mol. The Morgan fingerprint density at radius 1 is 1.50 bits per heavy atom. The van der Waals surface area contributed by atoms with E-state index < -0.39 is 0 Å². The highest BCUT2D eigenvalue weighted by Gasteiger charge is 2.02. The Hall–Kier alpha value is -1.35. The van der Waals surface area contributed by atoms with Gasteiger partial charge in [-0.2, -0.15) is 0 Å². The van der Waals surface area contributed by atoms with E-state index in [4.69, 9.17) is 4.84 Å². The molecule has 0 fully saturated rings. The summed E-state index contributed by atoms with van der Waals surface area (Å²) in [5.74, 6) is -0.113. The molecule has 0 aliphatic carbocycles. The maximum absolute atomic E-state index is 11.2. The van der Waals surface area contributed by atoms with Gasteiger partial charge in [0, 0.05) is 0 Å². The van der Waals surface area contributed by atoms with Gasteiger partial charge in [-0.15, -0.1) is 0 Å². The van der Waals surface area contributed by atoms with Gasteiger partial charge in [-0.05, 0) is 19.4 Å². The Morgan fingerprint density at radius 2 is 2.29 bits per heavy atom. The van der Waals surface area contributed by atoms with Crippen molar-refractivity contribution in [3.63, 3.8) is 0 Å². The molecule has 1 rings (SSSR count). The number of amides is 1. The summed E-state index contributed by atoms with van der Waals surface area (Å²) in [4.78, 5) is 16.0. The standard InChI is InChI=1S/C11H15NO2/c1-3-14-12-11(13)8-10-6-4-5-9(2)7-10/h4-7H,3,8H2,1-2H3,(H,12,13). The van der Waals surface area contributed by atoms with E-state index in [9.17, 15) is 4.79 Å². The number of carbonyl (C=O) groups is 1. The molecular weight excluding hydrogens is 178 g/mol. The minimum absolute atomic E-state index is 0.113. The van der Waals surface area contributed by atoms with Gasteiger partial charge >= 0.3 is 0 Å². The molecule has 1 amide bonds. The second-order valence-electron chi connectivity index (χ2n) is 3.12. The first kappa shape index (κ1) is 10.7. The molecule has 0 aromatic heterocycles. The highest BCUT2D eigenvalue weighted by Crippen LogP contribution is 2.04. The van der Waals surface area contributed by atoms with Crippen LogP contribution in [0.15, 0.2) is 24.3 Å². The Morgan fingerprint density at radius 3 is 2.93 bits per heavy atom. The lowest BCUT2D eigenvalue weighted by molar-refractivity contribution is -0.132. The van der Waals surface area contributed by atoms with Crippen molar-refractivity contribution in [3.8, 4) is 0 Å². The van der Waals surface area contributed by atoms with Gasteiger partial charge in [0.25, 0.3) is 0 Å². The molecule has 76 valence electrons. The summed E-state index contributed by atoms with van der Waals surface area (Å²) in [6.45, 7) is 4.32. The van der Waals surface area contributed by atoms with E-state index in [1.807, 2.05) is 38.1 Å². The summed E-state index contributed by atoms with van der Waals surface area (Å²) in [5, 5.41) is 0. The first-order valence-electron chi connectivity index (χ1n) is 4.68. The van der Waals surface area contributed by atoms with Crippen LogP contribution >= 0.6 is 0 Å². The summed E-state index contributed by atoms with van der Waals surface area (Å²) < 4.78 is 0. The van der Waals surface area contributed by atoms with E-state index in [2.05, 4.69) is 5.48 Å². The van der Waals surface area contributed by atoms with Gasteiger partial charge in [0.15, 0.2) is 0 Å². The SMILES string of the molecule is CCONC(=O)Cc1cccc(C)c1. The fraction of sp³-hybridized carbons (Fsp3) is 0.364. The summed E-state index contributed by atoms with van der Waals surface area (Å²) in [6, 6.07) is 7.87. The van der Waals surface area contributed by atoms with Crippen molar-refractivity contribution in [1.82, 2.24) is 5.48 Å². The molecular formula is C11H15NO2. The van der Waals surface area contributed by atoms with Crippen molar-refractivity contribution in [1.29, 1.82) is 0 Å². The van der Waals surface area contributed by atoms with Crippen LogP contribution in [0.5, 0.6) is 0 Å². The van der Waals surface area contributed by atoms with E-state index >= 15 is 0 Å². The molecule has 1 N–H and O–H groups in total. The van der Waals surface area contributed by atoms with Gasteiger partial charge < -0.3 is 0 Å². The van der Waals surface area contributed by atoms with Crippen molar-refractivity contribution in [2.24, 2.45) is 0 Å². The highest BCUT2D eigenvalue weighted by molar-refractivity contribution is 5.77. The molecule has 0 saturated heterocycles. The molecule has 0 atom stereocenters. The van der Waals surface area contributed by atoms with Crippen LogP contribution in [-0.4, -0.2) is 12.5 Å². The third kappa shape index (κ3) is 3.58. The summed E-state index contributed by atoms with van der Waals surface area (Å²) in [6.07, 6.45) is 0.363. The first-order chi connectivity index (χ1) is 6.72. The Labute approximate surface area is 84.0 Å². The van der Waals surface area contributed by atoms with Gasteiger partial charge in [-0.25, -0.2) is 5.48 Å². The molecule has 1 aromatic carbocycles. The second kappa shape index (κ2) is 5.40. The van der Waals surface area contributed by atoms with Crippen molar-refractivity contribution < 1.29 is 9.63 Å². The van der Waals surface area contributed by atoms with E-state index in [0.29, 0.717) is 13.0 Å². The predicted octanol–water partition coefficient (Wildman–Crippen LogP) is 1.61. The molecule has 0 bridgehead atoms. The number of benzene rings is 1. The number of hydrogen-bond donors (Lipinski definition) is 1. The van der Waals surface area contributed by atoms with Crippen LogP contribution in [-0.2, 0) is 16.1 Å². The molecule has 0 heterocycles. The number of carbonyl (C=O) groups excluding carboxylic acids is 1. The summed E-state index contributed by atoms with van der Waals surface area (Å²) in [7, 11) is 0. The lowest BCUT2D eigenvalue weighted by Crippen LogP contribution is -2.25. The van der Waals surface area contributed by atoms with E-state index in [1.54, 1.807) is 0 Å². The van der Waals surface area contributed by atoms with E-state index in [0.717, 1.165) is 11.1 Å². The Balaban J connectivity index is 2.47. The average molecular weight is 193 g/mol. The quantitative estimate of drug-likeness (QED) is 0.738. The smallest absolute Gasteiger partial charge is 0.247 e. The third-order valence-corrected chi connectivity index (χ3v) is 1.78. The Bertz CT molecular complexity index is 310. The van der Waals surface area contributed by atoms with Crippen molar-refractivity contribution in [3.05, 3.63) is 35.4 Å². The molecule has 0 saturated carbocycles. The van der Waals surface area contributed by atoms with E-state index in [1.165, 1.54) is 0 Å². The zero-order valence-electron chi connectivity index (χ0n) is 8.54. The van der Waals surface area contributed by atoms with Crippen LogP contribution in [0.4, 0.5) is 0 Å². The van der Waals surface area contributed by atoms with Crippen LogP contribution in [0.2, 0.25) is 0 Å². The van der Waals surface area contributed by atoms with Crippen LogP contribution in [0, 0.1) is 6.92 Å². The first-order valence-corrected chi connectivity index (χ1v) is 4.68. The molecule has 14 heavy (non-hydrogen) atoms. The zero-order chi connectivity index (χ0) is 10.4. The van der Waals surface area contributed by atoms with Crippen molar-refractivity contribution in [2.75, 3.05) is 6.61 Å². The molecule has 1 aromatic rings. The normalized spacial score (nSPS) is 9.86. The molecule has 3 nitrogen and oxygen atoms in total. The van der Waals surface area contributed by atoms with Crippen LogP contribution in [0.3, 0.4) is 0 Å². The molecule has 0 aliphatic heterocycles. The number of hydroxylamine groups is 1. The van der Waals surface area contributed by atoms with E-state index in [-0.39, 0.29) is 5.91 Å². The fourth-order valence-electron chi connectivity index (χ4n) is 1.20. The summed E-state index contributed by atoms with van der Waals surface area (Å²) in [5.41, 5.74) is 4.52. The maximum atomic E-state index is 11.2. The topological polar surface area (TPSA) is 38.3 Å². The predicted molar refractivity (Wildman–Crippen MR) is 54.7 cm³/mol. The third-order valence-electron chi connectivity index (χ3n) is 1.78. The van der Waals surface area contributed by atoms with Gasteiger partial charge in [0.05, 0.1) is 13.0 Å². The number of nitrogens with one attached hydrogen (secondary N) is 1. The minimum atomic E-state index is -0.113. The van der Waals surface area contributed by atoms with Crippen LogP contribution in [0.1, 0.15) is 18.1 Å². The molecule has 3 heteroatoms. The highest BCUT2D eigenvalue weighted by atomic mass is 16.6. The molecule has 0 radical (unpaired) electrons. The van der Waals surface area contributed by atoms with Gasteiger partial charge in [-0.3, -0.25) is 9.63 Å². The zero-order valence-corrected chi connectivity index (χ0v) is 8.54. The van der Waals surface area contributed by atoms with Crippen molar-refractivity contribution in [2.45, 2.75) is 20.3 Å². The average Bonchev–Trinajstić information content (AvgIpc) is 2.15. The van der Waals surface area contributed by atoms with Gasteiger partial charge in [0.2, 0.25) is 5.91 Å². The Kier molecular flexibility index (Phi) is 4.13. The number of aryl methyl sites for hydroxylation is 1. The van der Waals surface area contributed by atoms with Gasteiger partial charge in [-0.1, -0.05) is 29.8 Å². The molecule has 0 aliphatic rings. The van der Waals surface area contributed by atoms with Gasteiger partial charge in [0.1, 0.15) is 0 Å². The molecule has 0 unspecified atom stereocenters. The minimum Gasteiger partial charge on any atom is -0.274 e. The largest absolute Gasteiger partial charge is 0.274 e. The van der Waals surface area contributed by atoms with Crippen molar-refractivity contribution >= 4 is 5.91 Å². The lowest BCUT2D eigenvalue weighted by atomic mass is 10.1. The number of rotatable bonds is 4. The fourth-order valence-corrected chi connectivity index (χ4v) is 1.20.